The number of aromatic nitrogens is 5. The maximum Gasteiger partial charge on any atom is 0.317 e. The fourth-order valence-electron chi connectivity index (χ4n) is 10.6. The number of benzene rings is 7. The van der Waals surface area contributed by atoms with Gasteiger partial charge in [0.2, 0.25) is 11.8 Å². The third kappa shape index (κ3) is 10.6. The number of carbonyl (C=O) groups excluding carboxylic acids is 2. The molecule has 12 nitrogen and oxygen atoms in total. The van der Waals surface area contributed by atoms with E-state index >= 15 is 4.79 Å². The van der Waals surface area contributed by atoms with Crippen molar-refractivity contribution in [2.24, 2.45) is 5.41 Å². The van der Waals surface area contributed by atoms with Gasteiger partial charge < -0.3 is 28.7 Å². The van der Waals surface area contributed by atoms with Gasteiger partial charge in [0.05, 0.1) is 28.2 Å². The van der Waals surface area contributed by atoms with Gasteiger partial charge >= 0.3 is 11.9 Å². The number of phenolic OH excluding ortho intramolecular Hbond substituents is 2. The van der Waals surface area contributed by atoms with Gasteiger partial charge in [-0.25, -0.2) is 9.97 Å². The quantitative estimate of drug-likeness (QED) is 0.0699. The number of ether oxygens (including phenoxy) is 2. The molecule has 2 N–H and O–H groups in total. The third-order valence-electron chi connectivity index (χ3n) is 14.5. The van der Waals surface area contributed by atoms with E-state index in [1.807, 2.05) is 73.7 Å². The van der Waals surface area contributed by atoms with Gasteiger partial charge in [-0.3, -0.25) is 9.59 Å². The van der Waals surface area contributed by atoms with E-state index in [4.69, 9.17) is 23.9 Å². The van der Waals surface area contributed by atoms with Crippen molar-refractivity contribution >= 4 is 44.5 Å². The van der Waals surface area contributed by atoms with E-state index in [0.717, 1.165) is 55.7 Å². The molecule has 11 aromatic rings. The predicted molar refractivity (Wildman–Crippen MR) is 300 cm³/mol. The normalized spacial score (nSPS) is 12.9. The summed E-state index contributed by atoms with van der Waals surface area (Å²) in [7, 11) is 0. The van der Waals surface area contributed by atoms with Crippen LogP contribution in [0.4, 0.5) is 0 Å². The standard InChI is InChI=1S/C65H55N5O7.Pt/c1-5-44(70-57-26-11-9-19-48(57)49-20-10-12-27-58(49)70)39-65(4,38-40(3)41-28-30-43(31-29-41)62-68-69-63(77-62)50-21-13-17-42-16-7-8-18-47(42)50)64(74)76-46-33-35-52(60(72)37-46)54-23-15-25-56(67-54)55-24-14-22-53(66-55)51-34-32-45(36-59(51)71)75-61(73)6-2;/h7-37,40,44,71-72H,5-6,38-39H2,1-4H3;. The number of phenols is 2. The molecule has 0 fully saturated rings. The maximum absolute atomic E-state index is 15.1. The van der Waals surface area contributed by atoms with E-state index in [-0.39, 0.29) is 62.4 Å². The Morgan fingerprint density at radius 1 is 0.577 bits per heavy atom. The second-order valence-electron chi connectivity index (χ2n) is 19.8. The van der Waals surface area contributed by atoms with Crippen molar-refractivity contribution in [3.63, 3.8) is 0 Å². The van der Waals surface area contributed by atoms with Gasteiger partial charge in [0.1, 0.15) is 23.0 Å². The molecule has 0 bridgehead atoms. The summed E-state index contributed by atoms with van der Waals surface area (Å²) < 4.78 is 20.3. The molecule has 0 saturated carbocycles. The second-order valence-corrected chi connectivity index (χ2v) is 19.8. The van der Waals surface area contributed by atoms with Crippen molar-refractivity contribution in [2.45, 2.75) is 65.3 Å². The van der Waals surface area contributed by atoms with Gasteiger partial charge in [0.25, 0.3) is 0 Å². The molecule has 0 aliphatic carbocycles. The van der Waals surface area contributed by atoms with Crippen molar-refractivity contribution < 1.29 is 54.8 Å². The van der Waals surface area contributed by atoms with Gasteiger partial charge in [-0.15, -0.1) is 10.2 Å². The van der Waals surface area contributed by atoms with Crippen LogP contribution >= 0.6 is 0 Å². The molecule has 0 aliphatic rings. The maximum atomic E-state index is 15.1. The zero-order valence-corrected chi connectivity index (χ0v) is 45.6. The van der Waals surface area contributed by atoms with Gasteiger partial charge in [-0.2, -0.15) is 0 Å². The summed E-state index contributed by atoms with van der Waals surface area (Å²) in [5.74, 6) is 0.192. The zero-order chi connectivity index (χ0) is 53.2. The van der Waals surface area contributed by atoms with Crippen LogP contribution in [0.1, 0.15) is 70.9 Å². The van der Waals surface area contributed by atoms with Crippen LogP contribution in [-0.4, -0.2) is 46.9 Å². The first-order chi connectivity index (χ1) is 37.5. The molecule has 78 heavy (non-hydrogen) atoms. The molecule has 0 aliphatic heterocycles. The number of fused-ring (bicyclic) bond motifs is 4. The van der Waals surface area contributed by atoms with Gasteiger partial charge in [0, 0.05) is 89.7 Å². The minimum atomic E-state index is -1.02. The molecule has 3 unspecified atom stereocenters. The van der Waals surface area contributed by atoms with Crippen molar-refractivity contribution in [1.82, 2.24) is 24.7 Å². The van der Waals surface area contributed by atoms with E-state index in [0.29, 0.717) is 58.5 Å². The fraction of sp³-hybridized carbons (Fsp3) is 0.169. The number of carbonyl (C=O) groups is 2. The number of para-hydroxylation sites is 2. The summed E-state index contributed by atoms with van der Waals surface area (Å²) in [4.78, 5) is 36.6. The van der Waals surface area contributed by atoms with E-state index in [9.17, 15) is 15.0 Å². The van der Waals surface area contributed by atoms with Crippen molar-refractivity contribution in [3.05, 3.63) is 194 Å². The molecule has 0 spiro atoms. The Kier molecular flexibility index (Phi) is 15.2. The topological polar surface area (TPSA) is 163 Å². The average molecular weight is 1210 g/mol. The van der Waals surface area contributed by atoms with Gasteiger partial charge in [0.15, 0.2) is 0 Å². The number of pyridine rings is 2. The number of rotatable bonds is 16. The SMILES string of the molecule is CCC(=O)Oc1ccc(-c2cccc(-c3cccc(-c4ccc(OC(=O)C(C)(CC(C)c5ccc(-c6nnc(-c7cccc8ccccc78)o6)cc5)CC(CC)n5c6ccccc6c6ccccc65)cc4O)n3)n2)c(O)c1.[Pt]. The summed E-state index contributed by atoms with van der Waals surface area (Å²) in [5.41, 5.74) is 6.79. The van der Waals surface area contributed by atoms with Crippen molar-refractivity contribution in [2.75, 3.05) is 0 Å². The van der Waals surface area contributed by atoms with E-state index in [1.165, 1.54) is 12.1 Å². The monoisotopic (exact) mass is 1210 g/mol. The van der Waals surface area contributed by atoms with Crippen molar-refractivity contribution in [1.29, 1.82) is 0 Å². The number of esters is 2. The minimum absolute atomic E-state index is 0. The van der Waals surface area contributed by atoms with Crippen LogP contribution in [0.3, 0.4) is 0 Å². The Morgan fingerprint density at radius 2 is 1.10 bits per heavy atom. The van der Waals surface area contributed by atoms with Crippen molar-refractivity contribution in [3.8, 4) is 79.8 Å². The second kappa shape index (κ2) is 22.5. The molecule has 0 radical (unpaired) electrons. The molecule has 3 atom stereocenters. The summed E-state index contributed by atoms with van der Waals surface area (Å²) in [5, 5.41) is 35.8. The number of aromatic hydroxyl groups is 2. The van der Waals surface area contributed by atoms with E-state index < -0.39 is 17.4 Å². The Labute approximate surface area is 465 Å². The van der Waals surface area contributed by atoms with Crippen LogP contribution in [0.5, 0.6) is 23.0 Å². The zero-order valence-electron chi connectivity index (χ0n) is 43.4. The summed E-state index contributed by atoms with van der Waals surface area (Å²) in [6.07, 6.45) is 1.90. The molecule has 0 saturated heterocycles. The predicted octanol–water partition coefficient (Wildman–Crippen LogP) is 15.3. The molecule has 4 aromatic heterocycles. The molecular formula is C65H55N5O7Pt. The van der Waals surface area contributed by atoms with Crippen LogP contribution in [0.15, 0.2) is 192 Å². The van der Waals surface area contributed by atoms with Crippen LogP contribution in [0, 0.1) is 5.41 Å². The number of hydrogen-bond donors (Lipinski definition) is 2. The summed E-state index contributed by atoms with van der Waals surface area (Å²) in [6, 6.07) is 59.3. The largest absolute Gasteiger partial charge is 0.507 e. The van der Waals surface area contributed by atoms with E-state index in [2.05, 4.69) is 101 Å². The van der Waals surface area contributed by atoms with Crippen LogP contribution in [-0.2, 0) is 30.7 Å². The Morgan fingerprint density at radius 3 is 1.69 bits per heavy atom. The molecule has 11 rings (SSSR count). The summed E-state index contributed by atoms with van der Waals surface area (Å²) >= 11 is 0. The minimum Gasteiger partial charge on any atom is -0.507 e. The molecule has 0 amide bonds. The Bertz CT molecular complexity index is 3940. The Hall–Kier alpha value is -8.73. The van der Waals surface area contributed by atoms with E-state index in [1.54, 1.807) is 43.3 Å². The summed E-state index contributed by atoms with van der Waals surface area (Å²) in [6.45, 7) is 7.99. The molecule has 7 aromatic carbocycles. The molecular weight excluding hydrogens is 1160 g/mol. The first-order valence-electron chi connectivity index (χ1n) is 25.9. The van der Waals surface area contributed by atoms with Crippen LogP contribution in [0.25, 0.3) is 89.4 Å². The third-order valence-corrected chi connectivity index (χ3v) is 14.5. The fourth-order valence-corrected chi connectivity index (χ4v) is 10.6. The number of nitrogens with zero attached hydrogens (tertiary/aromatic N) is 5. The molecule has 13 heteroatoms. The van der Waals surface area contributed by atoms with Gasteiger partial charge in [-0.1, -0.05) is 118 Å². The average Bonchev–Trinajstić information content (AvgIpc) is 4.26. The smallest absolute Gasteiger partial charge is 0.317 e. The van der Waals surface area contributed by atoms with Gasteiger partial charge in [-0.05, 0) is 127 Å². The Balaban J connectivity index is 0.00000688. The van der Waals surface area contributed by atoms with Crippen LogP contribution < -0.4 is 9.47 Å². The number of hydrogen-bond acceptors (Lipinski definition) is 11. The first-order valence-corrected chi connectivity index (χ1v) is 25.9. The molecule has 4 heterocycles. The molecule has 392 valence electrons. The first kappa shape index (κ1) is 52.7. The van der Waals surface area contributed by atoms with Crippen LogP contribution in [0.2, 0.25) is 0 Å².